The Hall–Kier alpha value is -3.60. The fourth-order valence-electron chi connectivity index (χ4n) is 4.05. The van der Waals surface area contributed by atoms with Crippen LogP contribution in [0, 0.1) is 6.92 Å². The van der Waals surface area contributed by atoms with Crippen LogP contribution in [-0.2, 0) is 29.0 Å². The summed E-state index contributed by atoms with van der Waals surface area (Å²) in [6.07, 6.45) is 2.57. The highest BCUT2D eigenvalue weighted by atomic mass is 16.5. The predicted octanol–water partition coefficient (Wildman–Crippen LogP) is 5.10. The Labute approximate surface area is 209 Å². The minimum absolute atomic E-state index is 0.0787. The molecule has 0 aromatic heterocycles. The van der Waals surface area contributed by atoms with Crippen LogP contribution >= 0.6 is 0 Å². The lowest BCUT2D eigenvalue weighted by Crippen LogP contribution is -2.51. The summed E-state index contributed by atoms with van der Waals surface area (Å²) in [7, 11) is 1.62. The van der Waals surface area contributed by atoms with Crippen molar-refractivity contribution < 1.29 is 14.3 Å². The molecule has 0 bridgehead atoms. The number of carbonyl (C=O) groups excluding carboxylic acids is 2. The summed E-state index contributed by atoms with van der Waals surface area (Å²) in [5, 5.41) is 3.07. The summed E-state index contributed by atoms with van der Waals surface area (Å²) in [6, 6.07) is 24.8. The molecule has 5 nitrogen and oxygen atoms in total. The van der Waals surface area contributed by atoms with Crippen LogP contribution in [0.1, 0.15) is 42.0 Å². The van der Waals surface area contributed by atoms with Crippen molar-refractivity contribution in [3.05, 3.63) is 101 Å². The number of nitrogens with one attached hydrogen (secondary N) is 1. The molecule has 1 atom stereocenters. The van der Waals surface area contributed by atoms with E-state index in [1.165, 1.54) is 0 Å². The van der Waals surface area contributed by atoms with Crippen LogP contribution in [0.4, 0.5) is 0 Å². The average molecular weight is 473 g/mol. The molecule has 2 amide bonds. The highest BCUT2D eigenvalue weighted by Gasteiger charge is 2.30. The van der Waals surface area contributed by atoms with Crippen molar-refractivity contribution in [3.8, 4) is 5.75 Å². The van der Waals surface area contributed by atoms with E-state index in [1.54, 1.807) is 12.0 Å². The number of benzene rings is 3. The molecule has 5 heteroatoms. The second-order valence-corrected chi connectivity index (χ2v) is 8.82. The van der Waals surface area contributed by atoms with Crippen LogP contribution < -0.4 is 10.1 Å². The SMILES string of the molecule is CCCCNC(=O)[C@H](Cc1ccccc1)N(Cc1ccccc1C)C(=O)Cc1ccc(OC)cc1. The average Bonchev–Trinajstić information content (AvgIpc) is 2.88. The van der Waals surface area contributed by atoms with Gasteiger partial charge in [-0.1, -0.05) is 80.1 Å². The van der Waals surface area contributed by atoms with Gasteiger partial charge >= 0.3 is 0 Å². The van der Waals surface area contributed by atoms with Gasteiger partial charge in [0, 0.05) is 19.5 Å². The molecule has 1 N–H and O–H groups in total. The van der Waals surface area contributed by atoms with Crippen LogP contribution in [0.25, 0.3) is 0 Å². The highest BCUT2D eigenvalue weighted by Crippen LogP contribution is 2.19. The number of ether oxygens (including phenoxy) is 1. The molecule has 0 saturated heterocycles. The molecule has 0 aliphatic carbocycles. The Morgan fingerprint density at radius 1 is 0.914 bits per heavy atom. The molecule has 0 heterocycles. The lowest BCUT2D eigenvalue weighted by molar-refractivity contribution is -0.140. The standard InChI is InChI=1S/C30H36N2O3/c1-4-5-19-31-30(34)28(20-24-12-7-6-8-13-24)32(22-26-14-10-9-11-23(26)2)29(33)21-25-15-17-27(35-3)18-16-25/h6-18,28H,4-5,19-22H2,1-3H3,(H,31,34)/t28-/m0/s1. The molecule has 35 heavy (non-hydrogen) atoms. The summed E-state index contributed by atoms with van der Waals surface area (Å²) in [5.41, 5.74) is 4.04. The lowest BCUT2D eigenvalue weighted by atomic mass is 10.0. The van der Waals surface area contributed by atoms with Gasteiger partial charge in [0.1, 0.15) is 11.8 Å². The maximum Gasteiger partial charge on any atom is 0.243 e. The van der Waals surface area contributed by atoms with Gasteiger partial charge in [-0.3, -0.25) is 9.59 Å². The topological polar surface area (TPSA) is 58.6 Å². The van der Waals surface area contributed by atoms with Crippen LogP contribution in [-0.4, -0.2) is 36.4 Å². The Kier molecular flexibility index (Phi) is 9.91. The van der Waals surface area contributed by atoms with Gasteiger partial charge in [-0.2, -0.15) is 0 Å². The first-order valence-corrected chi connectivity index (χ1v) is 12.3. The van der Waals surface area contributed by atoms with E-state index in [1.807, 2.05) is 85.8 Å². The first kappa shape index (κ1) is 26.0. The highest BCUT2D eigenvalue weighted by molar-refractivity contribution is 5.88. The van der Waals surface area contributed by atoms with Crippen molar-refractivity contribution in [1.82, 2.24) is 10.2 Å². The summed E-state index contributed by atoms with van der Waals surface area (Å²) in [4.78, 5) is 29.0. The molecule has 3 aromatic carbocycles. The number of methoxy groups -OCH3 is 1. The Morgan fingerprint density at radius 2 is 1.60 bits per heavy atom. The van der Waals surface area contributed by atoms with E-state index in [4.69, 9.17) is 4.74 Å². The summed E-state index contributed by atoms with van der Waals surface area (Å²) in [5.74, 6) is 0.555. The van der Waals surface area contributed by atoms with Gasteiger partial charge in [-0.25, -0.2) is 0 Å². The largest absolute Gasteiger partial charge is 0.497 e. The number of rotatable bonds is 12. The molecular weight excluding hydrogens is 436 g/mol. The van der Waals surface area contributed by atoms with E-state index in [0.717, 1.165) is 40.8 Å². The van der Waals surface area contributed by atoms with Crippen molar-refractivity contribution in [2.24, 2.45) is 0 Å². The number of hydrogen-bond acceptors (Lipinski definition) is 3. The van der Waals surface area contributed by atoms with Crippen molar-refractivity contribution in [2.75, 3.05) is 13.7 Å². The monoisotopic (exact) mass is 472 g/mol. The molecule has 0 fully saturated rings. The van der Waals surface area contributed by atoms with Gasteiger partial charge in [-0.15, -0.1) is 0 Å². The first-order chi connectivity index (χ1) is 17.0. The summed E-state index contributed by atoms with van der Waals surface area (Å²) < 4.78 is 5.25. The molecule has 3 aromatic rings. The second-order valence-electron chi connectivity index (χ2n) is 8.82. The molecule has 0 radical (unpaired) electrons. The third-order valence-electron chi connectivity index (χ3n) is 6.22. The molecule has 0 unspecified atom stereocenters. The number of unbranched alkanes of at least 4 members (excludes halogenated alkanes) is 1. The maximum absolute atomic E-state index is 13.8. The zero-order valence-electron chi connectivity index (χ0n) is 21.0. The minimum Gasteiger partial charge on any atom is -0.497 e. The van der Waals surface area contributed by atoms with Crippen LogP contribution in [0.3, 0.4) is 0 Å². The van der Waals surface area contributed by atoms with E-state index < -0.39 is 6.04 Å². The fourth-order valence-corrected chi connectivity index (χ4v) is 4.05. The number of hydrogen-bond donors (Lipinski definition) is 1. The van der Waals surface area contributed by atoms with Crippen LogP contribution in [0.5, 0.6) is 5.75 Å². The number of nitrogens with zero attached hydrogens (tertiary/aromatic N) is 1. The Balaban J connectivity index is 1.93. The zero-order chi connectivity index (χ0) is 25.0. The van der Waals surface area contributed by atoms with E-state index in [9.17, 15) is 9.59 Å². The number of aryl methyl sites for hydroxylation is 1. The second kappa shape index (κ2) is 13.3. The molecule has 184 valence electrons. The lowest BCUT2D eigenvalue weighted by Gasteiger charge is -2.32. The quantitative estimate of drug-likeness (QED) is 0.373. The number of amides is 2. The van der Waals surface area contributed by atoms with Gasteiger partial charge in [0.2, 0.25) is 11.8 Å². The molecule has 0 saturated carbocycles. The van der Waals surface area contributed by atoms with Gasteiger partial charge < -0.3 is 15.0 Å². The third-order valence-corrected chi connectivity index (χ3v) is 6.22. The molecule has 0 aliphatic heterocycles. The van der Waals surface area contributed by atoms with Crippen molar-refractivity contribution in [3.63, 3.8) is 0 Å². The maximum atomic E-state index is 13.8. The molecule has 0 spiro atoms. The van der Waals surface area contributed by atoms with E-state index in [2.05, 4.69) is 12.2 Å². The third kappa shape index (κ3) is 7.71. The number of carbonyl (C=O) groups is 2. The van der Waals surface area contributed by atoms with Crippen molar-refractivity contribution >= 4 is 11.8 Å². The van der Waals surface area contributed by atoms with Gasteiger partial charge in [-0.05, 0) is 47.7 Å². The Morgan fingerprint density at radius 3 is 2.26 bits per heavy atom. The van der Waals surface area contributed by atoms with Gasteiger partial charge in [0.15, 0.2) is 0 Å². The summed E-state index contributed by atoms with van der Waals surface area (Å²) >= 11 is 0. The minimum atomic E-state index is -0.611. The van der Waals surface area contributed by atoms with Crippen LogP contribution in [0.2, 0.25) is 0 Å². The predicted molar refractivity (Wildman–Crippen MR) is 140 cm³/mol. The van der Waals surface area contributed by atoms with E-state index >= 15 is 0 Å². The van der Waals surface area contributed by atoms with E-state index in [-0.39, 0.29) is 18.2 Å². The fraction of sp³-hybridized carbons (Fsp3) is 0.333. The van der Waals surface area contributed by atoms with Gasteiger partial charge in [0.05, 0.1) is 13.5 Å². The van der Waals surface area contributed by atoms with Crippen LogP contribution in [0.15, 0.2) is 78.9 Å². The molecule has 0 aliphatic rings. The smallest absolute Gasteiger partial charge is 0.243 e. The van der Waals surface area contributed by atoms with Gasteiger partial charge in [0.25, 0.3) is 0 Å². The summed E-state index contributed by atoms with van der Waals surface area (Å²) in [6.45, 7) is 5.11. The zero-order valence-corrected chi connectivity index (χ0v) is 21.0. The molecular formula is C30H36N2O3. The Bertz CT molecular complexity index is 1080. The first-order valence-electron chi connectivity index (χ1n) is 12.3. The van der Waals surface area contributed by atoms with E-state index in [0.29, 0.717) is 19.5 Å². The van der Waals surface area contributed by atoms with Crippen molar-refractivity contribution in [1.29, 1.82) is 0 Å². The molecule has 3 rings (SSSR count). The van der Waals surface area contributed by atoms with Crippen molar-refractivity contribution in [2.45, 2.75) is 52.1 Å². The normalized spacial score (nSPS) is 11.5.